The first kappa shape index (κ1) is 21.7. The third kappa shape index (κ3) is 5.14. The average Bonchev–Trinajstić information content (AvgIpc) is 2.71. The van der Waals surface area contributed by atoms with Crippen molar-refractivity contribution < 1.29 is 22.0 Å². The monoisotopic (exact) mass is 450 g/mol. The van der Waals surface area contributed by atoms with Gasteiger partial charge >= 0.3 is 0 Å². The number of rotatable bonds is 6. The van der Waals surface area contributed by atoms with E-state index in [0.29, 0.717) is 10.7 Å². The molecule has 0 saturated carbocycles. The van der Waals surface area contributed by atoms with Crippen LogP contribution in [0.15, 0.2) is 71.6 Å². The molecule has 0 aliphatic carbocycles. The number of anilines is 1. The largest absolute Gasteiger partial charge is 0.337 e. The van der Waals surface area contributed by atoms with Crippen molar-refractivity contribution in [2.75, 3.05) is 11.8 Å². The van der Waals surface area contributed by atoms with Crippen LogP contribution in [0, 0.1) is 11.6 Å². The topological polar surface area (TPSA) is 66.5 Å². The lowest BCUT2D eigenvalue weighted by Crippen LogP contribution is -2.26. The van der Waals surface area contributed by atoms with Crippen molar-refractivity contribution in [3.8, 4) is 0 Å². The summed E-state index contributed by atoms with van der Waals surface area (Å²) in [4.78, 5) is 13.8. The molecular weight excluding hydrogens is 434 g/mol. The minimum absolute atomic E-state index is 0.0266. The van der Waals surface area contributed by atoms with E-state index in [1.807, 2.05) is 0 Å². The second-order valence-corrected chi connectivity index (χ2v) is 8.65. The van der Waals surface area contributed by atoms with Crippen molar-refractivity contribution in [2.45, 2.75) is 11.4 Å². The Labute approximate surface area is 178 Å². The van der Waals surface area contributed by atoms with E-state index in [0.717, 1.165) is 12.1 Å². The van der Waals surface area contributed by atoms with Crippen molar-refractivity contribution in [2.24, 2.45) is 0 Å². The second-order valence-electron chi connectivity index (χ2n) is 6.53. The molecule has 0 fully saturated rings. The summed E-state index contributed by atoms with van der Waals surface area (Å²) in [6, 6.07) is 14.7. The summed E-state index contributed by atoms with van der Waals surface area (Å²) >= 11 is 5.79. The summed E-state index contributed by atoms with van der Waals surface area (Å²) in [7, 11) is -2.38. The van der Waals surface area contributed by atoms with Crippen molar-refractivity contribution in [3.05, 3.63) is 94.5 Å². The van der Waals surface area contributed by atoms with Crippen molar-refractivity contribution in [3.63, 3.8) is 0 Å². The van der Waals surface area contributed by atoms with Gasteiger partial charge in [-0.15, -0.1) is 0 Å². The third-order valence-corrected chi connectivity index (χ3v) is 5.93. The highest BCUT2D eigenvalue weighted by Crippen LogP contribution is 2.20. The molecule has 1 N–H and O–H groups in total. The maximum atomic E-state index is 13.8. The third-order valence-electron chi connectivity index (χ3n) is 4.28. The molecule has 1 amide bonds. The Hall–Kier alpha value is -2.97. The quantitative estimate of drug-likeness (QED) is 0.592. The molecule has 5 nitrogen and oxygen atoms in total. The van der Waals surface area contributed by atoms with Gasteiger partial charge in [-0.25, -0.2) is 17.2 Å². The van der Waals surface area contributed by atoms with Crippen LogP contribution < -0.4 is 4.72 Å². The van der Waals surface area contributed by atoms with Crippen molar-refractivity contribution >= 4 is 33.2 Å². The van der Waals surface area contributed by atoms with Crippen molar-refractivity contribution in [1.82, 2.24) is 4.90 Å². The highest BCUT2D eigenvalue weighted by molar-refractivity contribution is 7.92. The highest BCUT2D eigenvalue weighted by atomic mass is 35.5. The molecule has 0 heterocycles. The summed E-state index contributed by atoms with van der Waals surface area (Å²) < 4.78 is 54.2. The standard InChI is InChI=1S/C21H17ClF2N2O3S/c1-26(13-15-2-7-17(23)12-20(15)24)21(27)14-3-10-19(11-4-14)30(28,29)25-18-8-5-16(22)6-9-18/h2-12,25H,13H2,1H3. The van der Waals surface area contributed by atoms with Crippen molar-refractivity contribution in [1.29, 1.82) is 0 Å². The van der Waals surface area contributed by atoms with Gasteiger partial charge in [-0.2, -0.15) is 0 Å². The fourth-order valence-electron chi connectivity index (χ4n) is 2.71. The van der Waals surface area contributed by atoms with Crippen LogP contribution in [0.5, 0.6) is 0 Å². The Morgan fingerprint density at radius 2 is 1.63 bits per heavy atom. The Morgan fingerprint density at radius 1 is 1.00 bits per heavy atom. The zero-order valence-electron chi connectivity index (χ0n) is 15.8. The number of sulfonamides is 1. The zero-order chi connectivity index (χ0) is 21.9. The number of amides is 1. The SMILES string of the molecule is CN(Cc1ccc(F)cc1F)C(=O)c1ccc(S(=O)(=O)Nc2ccc(Cl)cc2)cc1. The maximum absolute atomic E-state index is 13.8. The van der Waals surface area contributed by atoms with Gasteiger partial charge < -0.3 is 4.90 Å². The molecule has 3 aromatic carbocycles. The van der Waals surface area contributed by atoms with E-state index in [1.54, 1.807) is 12.1 Å². The molecule has 0 aliphatic heterocycles. The summed E-state index contributed by atoms with van der Waals surface area (Å²) in [5, 5.41) is 0.477. The molecule has 3 rings (SSSR count). The van der Waals surface area contributed by atoms with E-state index < -0.39 is 27.6 Å². The second kappa shape index (κ2) is 8.81. The maximum Gasteiger partial charge on any atom is 0.261 e. The van der Waals surface area contributed by atoms with Crippen LogP contribution >= 0.6 is 11.6 Å². The van der Waals surface area contributed by atoms with Gasteiger partial charge in [-0.05, 0) is 54.6 Å². The smallest absolute Gasteiger partial charge is 0.261 e. The highest BCUT2D eigenvalue weighted by Gasteiger charge is 2.18. The first-order chi connectivity index (χ1) is 14.2. The van der Waals surface area contributed by atoms with Crippen LogP contribution in [0.2, 0.25) is 5.02 Å². The lowest BCUT2D eigenvalue weighted by atomic mass is 10.1. The summed E-state index contributed by atoms with van der Waals surface area (Å²) in [6.07, 6.45) is 0. The van der Waals surface area contributed by atoms with Gasteiger partial charge in [0.1, 0.15) is 11.6 Å². The molecule has 0 radical (unpaired) electrons. The van der Waals surface area contributed by atoms with Crippen LogP contribution in [0.3, 0.4) is 0 Å². The Bertz CT molecular complexity index is 1170. The Balaban J connectivity index is 1.72. The summed E-state index contributed by atoms with van der Waals surface area (Å²) in [6.45, 7) is -0.0664. The summed E-state index contributed by atoms with van der Waals surface area (Å²) in [5.41, 5.74) is 0.740. The van der Waals surface area contributed by atoms with E-state index in [-0.39, 0.29) is 22.6 Å². The van der Waals surface area contributed by atoms with Gasteiger partial charge in [0, 0.05) is 41.5 Å². The average molecular weight is 451 g/mol. The Morgan fingerprint density at radius 3 is 2.23 bits per heavy atom. The molecule has 0 aromatic heterocycles. The molecule has 0 spiro atoms. The molecular formula is C21H17ClF2N2O3S. The fraction of sp³-hybridized carbons (Fsp3) is 0.0952. The van der Waals surface area contributed by atoms with Gasteiger partial charge in [-0.1, -0.05) is 17.7 Å². The lowest BCUT2D eigenvalue weighted by Gasteiger charge is -2.18. The molecule has 0 saturated heterocycles. The lowest BCUT2D eigenvalue weighted by molar-refractivity contribution is 0.0783. The number of carbonyl (C=O) groups excluding carboxylic acids is 1. The first-order valence-corrected chi connectivity index (χ1v) is 10.6. The zero-order valence-corrected chi connectivity index (χ0v) is 17.3. The number of carbonyl (C=O) groups is 1. The number of benzene rings is 3. The predicted molar refractivity (Wildman–Crippen MR) is 111 cm³/mol. The number of nitrogens with zero attached hydrogens (tertiary/aromatic N) is 1. The molecule has 0 aliphatic rings. The molecule has 3 aromatic rings. The molecule has 0 unspecified atom stereocenters. The van der Waals surface area contributed by atoms with Crippen LogP contribution in [0.25, 0.3) is 0 Å². The van der Waals surface area contributed by atoms with Gasteiger partial charge in [-0.3, -0.25) is 9.52 Å². The van der Waals surface area contributed by atoms with Gasteiger partial charge in [0.15, 0.2) is 0 Å². The molecule has 0 bridgehead atoms. The molecule has 30 heavy (non-hydrogen) atoms. The van der Waals surface area contributed by atoms with Gasteiger partial charge in [0.2, 0.25) is 0 Å². The van der Waals surface area contributed by atoms with E-state index in [9.17, 15) is 22.0 Å². The number of nitrogens with one attached hydrogen (secondary N) is 1. The minimum Gasteiger partial charge on any atom is -0.337 e. The van der Waals surface area contributed by atoms with Gasteiger partial charge in [0.05, 0.1) is 4.90 Å². The molecule has 0 atom stereocenters. The van der Waals surface area contributed by atoms with Gasteiger partial charge in [0.25, 0.3) is 15.9 Å². The number of hydrogen-bond donors (Lipinski definition) is 1. The van der Waals surface area contributed by atoms with Crippen LogP contribution in [0.1, 0.15) is 15.9 Å². The minimum atomic E-state index is -3.85. The van der Waals surface area contributed by atoms with Crippen LogP contribution in [-0.2, 0) is 16.6 Å². The van der Waals surface area contributed by atoms with Crippen LogP contribution in [-0.4, -0.2) is 26.3 Å². The van der Waals surface area contributed by atoms with Crippen LogP contribution in [0.4, 0.5) is 14.5 Å². The number of halogens is 3. The van der Waals surface area contributed by atoms with E-state index in [4.69, 9.17) is 11.6 Å². The normalized spacial score (nSPS) is 11.2. The fourth-order valence-corrected chi connectivity index (χ4v) is 3.89. The van der Waals surface area contributed by atoms with E-state index in [2.05, 4.69) is 4.72 Å². The first-order valence-electron chi connectivity index (χ1n) is 8.73. The van der Waals surface area contributed by atoms with E-state index in [1.165, 1.54) is 54.4 Å². The van der Waals surface area contributed by atoms with E-state index >= 15 is 0 Å². The number of hydrogen-bond acceptors (Lipinski definition) is 3. The molecule has 156 valence electrons. The predicted octanol–water partition coefficient (Wildman–Crippen LogP) is 4.69. The summed E-state index contributed by atoms with van der Waals surface area (Å²) in [5.74, 6) is -1.88. The Kier molecular flexibility index (Phi) is 6.38. The molecule has 9 heteroatoms.